The highest BCUT2D eigenvalue weighted by molar-refractivity contribution is 7.88. The Morgan fingerprint density at radius 3 is 2.50 bits per heavy atom. The highest BCUT2D eigenvalue weighted by Gasteiger charge is 2.26. The Labute approximate surface area is 133 Å². The van der Waals surface area contributed by atoms with Crippen LogP contribution in [0.3, 0.4) is 0 Å². The molecule has 128 valence electrons. The first-order valence-corrected chi connectivity index (χ1v) is 10.1. The van der Waals surface area contributed by atoms with Gasteiger partial charge >= 0.3 is 0 Å². The van der Waals surface area contributed by atoms with Crippen LogP contribution in [0.4, 0.5) is 0 Å². The lowest BCUT2D eigenvalue weighted by molar-refractivity contribution is -0.132. The minimum absolute atomic E-state index is 0.0272. The van der Waals surface area contributed by atoms with E-state index in [2.05, 4.69) is 6.92 Å². The molecule has 1 unspecified atom stereocenters. The van der Waals surface area contributed by atoms with Gasteiger partial charge in [0.1, 0.15) is 0 Å². The maximum absolute atomic E-state index is 12.2. The number of hydrogen-bond donors (Lipinski definition) is 0. The molecule has 0 aliphatic carbocycles. The van der Waals surface area contributed by atoms with Gasteiger partial charge in [0.15, 0.2) is 0 Å². The van der Waals surface area contributed by atoms with Crippen LogP contribution in [-0.4, -0.2) is 68.7 Å². The second-order valence-electron chi connectivity index (χ2n) is 6.57. The SMILES string of the molecule is CC1CCN(C(=O)CCN(CC2CCCO2)S(C)(=O)=O)CC1. The first kappa shape index (κ1) is 17.7. The number of hydrogen-bond acceptors (Lipinski definition) is 4. The predicted molar refractivity (Wildman–Crippen MR) is 85.0 cm³/mol. The first-order chi connectivity index (χ1) is 10.4. The topological polar surface area (TPSA) is 66.9 Å². The standard InChI is InChI=1S/C15H28N2O4S/c1-13-5-8-16(9-6-13)15(18)7-10-17(22(2,19)20)12-14-4-3-11-21-14/h13-14H,3-12H2,1-2H3. The highest BCUT2D eigenvalue weighted by Crippen LogP contribution is 2.18. The fourth-order valence-corrected chi connectivity index (χ4v) is 3.90. The van der Waals surface area contributed by atoms with Crippen LogP contribution in [-0.2, 0) is 19.6 Å². The maximum Gasteiger partial charge on any atom is 0.223 e. The van der Waals surface area contributed by atoms with E-state index < -0.39 is 10.0 Å². The van der Waals surface area contributed by atoms with E-state index in [-0.39, 0.29) is 25.0 Å². The van der Waals surface area contributed by atoms with E-state index in [1.165, 1.54) is 10.6 Å². The zero-order valence-corrected chi connectivity index (χ0v) is 14.5. The number of sulfonamides is 1. The average molecular weight is 332 g/mol. The van der Waals surface area contributed by atoms with Gasteiger partial charge in [-0.3, -0.25) is 4.79 Å². The molecular weight excluding hydrogens is 304 g/mol. The summed E-state index contributed by atoms with van der Waals surface area (Å²) in [6.07, 6.45) is 5.38. The van der Waals surface area contributed by atoms with Crippen molar-refractivity contribution in [1.29, 1.82) is 0 Å². The molecule has 0 bridgehead atoms. The van der Waals surface area contributed by atoms with Crippen molar-refractivity contribution < 1.29 is 17.9 Å². The molecule has 2 fully saturated rings. The normalized spacial score (nSPS) is 24.1. The molecule has 6 nitrogen and oxygen atoms in total. The summed E-state index contributed by atoms with van der Waals surface area (Å²) in [4.78, 5) is 14.1. The van der Waals surface area contributed by atoms with Crippen molar-refractivity contribution in [2.75, 3.05) is 39.0 Å². The molecule has 0 saturated carbocycles. The number of rotatable bonds is 6. The van der Waals surface area contributed by atoms with E-state index >= 15 is 0 Å². The first-order valence-electron chi connectivity index (χ1n) is 8.21. The maximum atomic E-state index is 12.2. The van der Waals surface area contributed by atoms with Gasteiger partial charge in [0.25, 0.3) is 0 Å². The minimum Gasteiger partial charge on any atom is -0.377 e. The number of nitrogens with zero attached hydrogens (tertiary/aromatic N) is 2. The predicted octanol–water partition coefficient (Wildman–Crippen LogP) is 1.08. The van der Waals surface area contributed by atoms with Gasteiger partial charge in [-0.2, -0.15) is 4.31 Å². The summed E-state index contributed by atoms with van der Waals surface area (Å²) in [5.74, 6) is 0.740. The van der Waals surface area contributed by atoms with Crippen molar-refractivity contribution in [3.05, 3.63) is 0 Å². The van der Waals surface area contributed by atoms with E-state index in [1.807, 2.05) is 4.90 Å². The van der Waals surface area contributed by atoms with Gasteiger partial charge in [-0.05, 0) is 31.6 Å². The Bertz CT molecular complexity index is 466. The number of ether oxygens (including phenoxy) is 1. The lowest BCUT2D eigenvalue weighted by Crippen LogP contribution is -2.42. The van der Waals surface area contributed by atoms with E-state index in [1.54, 1.807) is 0 Å². The zero-order valence-electron chi connectivity index (χ0n) is 13.7. The van der Waals surface area contributed by atoms with Crippen molar-refractivity contribution in [3.63, 3.8) is 0 Å². The van der Waals surface area contributed by atoms with Crippen LogP contribution < -0.4 is 0 Å². The quantitative estimate of drug-likeness (QED) is 0.730. The van der Waals surface area contributed by atoms with Crippen LogP contribution in [0.5, 0.6) is 0 Å². The largest absolute Gasteiger partial charge is 0.377 e. The molecular formula is C15H28N2O4S. The number of piperidine rings is 1. The molecule has 7 heteroatoms. The molecule has 0 radical (unpaired) electrons. The summed E-state index contributed by atoms with van der Waals surface area (Å²) in [6, 6.07) is 0. The third kappa shape index (κ3) is 5.21. The summed E-state index contributed by atoms with van der Waals surface area (Å²) >= 11 is 0. The van der Waals surface area contributed by atoms with Gasteiger partial charge in [-0.25, -0.2) is 8.42 Å². The van der Waals surface area contributed by atoms with Crippen molar-refractivity contribution in [2.45, 2.75) is 45.1 Å². The zero-order chi connectivity index (χ0) is 16.2. The van der Waals surface area contributed by atoms with Crippen molar-refractivity contribution in [1.82, 2.24) is 9.21 Å². The third-order valence-electron chi connectivity index (χ3n) is 4.61. The van der Waals surface area contributed by atoms with E-state index in [4.69, 9.17) is 4.74 Å². The Morgan fingerprint density at radius 1 is 1.27 bits per heavy atom. The van der Waals surface area contributed by atoms with Crippen LogP contribution in [0.1, 0.15) is 39.0 Å². The summed E-state index contributed by atoms with van der Waals surface area (Å²) in [7, 11) is -3.30. The molecule has 1 amide bonds. The molecule has 2 aliphatic heterocycles. The van der Waals surface area contributed by atoms with Gasteiger partial charge in [-0.1, -0.05) is 6.92 Å². The molecule has 1 atom stereocenters. The lowest BCUT2D eigenvalue weighted by Gasteiger charge is -2.31. The van der Waals surface area contributed by atoms with E-state index in [0.29, 0.717) is 19.1 Å². The minimum atomic E-state index is -3.30. The van der Waals surface area contributed by atoms with Crippen molar-refractivity contribution in [2.24, 2.45) is 5.92 Å². The number of carbonyl (C=O) groups is 1. The Balaban J connectivity index is 1.83. The summed E-state index contributed by atoms with van der Waals surface area (Å²) < 4.78 is 30.7. The summed E-state index contributed by atoms with van der Waals surface area (Å²) in [6.45, 7) is 5.12. The van der Waals surface area contributed by atoms with Crippen LogP contribution in [0.15, 0.2) is 0 Å². The van der Waals surface area contributed by atoms with Gasteiger partial charge < -0.3 is 9.64 Å². The smallest absolute Gasteiger partial charge is 0.223 e. The second-order valence-corrected chi connectivity index (χ2v) is 8.55. The molecule has 2 saturated heterocycles. The molecule has 2 aliphatic rings. The van der Waals surface area contributed by atoms with E-state index in [0.717, 1.165) is 38.8 Å². The summed E-state index contributed by atoms with van der Waals surface area (Å²) in [5, 5.41) is 0. The molecule has 0 aromatic carbocycles. The van der Waals surface area contributed by atoms with Crippen molar-refractivity contribution >= 4 is 15.9 Å². The molecule has 0 aromatic heterocycles. The average Bonchev–Trinajstić information content (AvgIpc) is 2.95. The van der Waals surface area contributed by atoms with Gasteiger partial charge in [0, 0.05) is 39.2 Å². The fraction of sp³-hybridized carbons (Fsp3) is 0.933. The molecule has 0 aromatic rings. The monoisotopic (exact) mass is 332 g/mol. The van der Waals surface area contributed by atoms with Crippen molar-refractivity contribution in [3.8, 4) is 0 Å². The van der Waals surface area contributed by atoms with Gasteiger partial charge in [0.05, 0.1) is 12.4 Å². The van der Waals surface area contributed by atoms with E-state index in [9.17, 15) is 13.2 Å². The number of amides is 1. The molecule has 2 heterocycles. The Kier molecular flexibility index (Phi) is 6.23. The molecule has 0 N–H and O–H groups in total. The molecule has 0 spiro atoms. The van der Waals surface area contributed by atoms with Crippen LogP contribution in [0, 0.1) is 5.92 Å². The summed E-state index contributed by atoms with van der Waals surface area (Å²) in [5.41, 5.74) is 0. The van der Waals surface area contributed by atoms with Crippen LogP contribution >= 0.6 is 0 Å². The Hall–Kier alpha value is -0.660. The van der Waals surface area contributed by atoms with Gasteiger partial charge in [-0.15, -0.1) is 0 Å². The second kappa shape index (κ2) is 7.75. The van der Waals surface area contributed by atoms with Crippen LogP contribution in [0.2, 0.25) is 0 Å². The lowest BCUT2D eigenvalue weighted by atomic mass is 9.99. The highest BCUT2D eigenvalue weighted by atomic mass is 32.2. The number of likely N-dealkylation sites (tertiary alicyclic amines) is 1. The van der Waals surface area contributed by atoms with Crippen LogP contribution in [0.25, 0.3) is 0 Å². The third-order valence-corrected chi connectivity index (χ3v) is 5.88. The molecule has 22 heavy (non-hydrogen) atoms. The fourth-order valence-electron chi connectivity index (χ4n) is 3.04. The number of carbonyl (C=O) groups excluding carboxylic acids is 1. The van der Waals surface area contributed by atoms with Gasteiger partial charge in [0.2, 0.25) is 15.9 Å². The molecule has 2 rings (SSSR count). The Morgan fingerprint density at radius 2 is 1.95 bits per heavy atom.